The normalized spacial score (nSPS) is 21.0. The molecule has 4 rings (SSSR count). The summed E-state index contributed by atoms with van der Waals surface area (Å²) in [5, 5.41) is 2.88. The number of hydrogen-bond acceptors (Lipinski definition) is 3. The highest BCUT2D eigenvalue weighted by atomic mass is 16.2. The second kappa shape index (κ2) is 7.08. The minimum absolute atomic E-state index is 0.217. The Labute approximate surface area is 164 Å². The summed E-state index contributed by atoms with van der Waals surface area (Å²) < 4.78 is 0. The van der Waals surface area contributed by atoms with E-state index in [0.29, 0.717) is 29.8 Å². The van der Waals surface area contributed by atoms with Gasteiger partial charge in [0.1, 0.15) is 0 Å². The molecule has 2 atom stereocenters. The second-order valence-corrected chi connectivity index (χ2v) is 7.44. The lowest BCUT2D eigenvalue weighted by Gasteiger charge is -2.18. The molecule has 1 fully saturated rings. The number of nitrogens with zero attached hydrogens (tertiary/aromatic N) is 1. The van der Waals surface area contributed by atoms with Gasteiger partial charge in [0.2, 0.25) is 11.8 Å². The summed E-state index contributed by atoms with van der Waals surface area (Å²) in [6, 6.07) is 12.5. The molecule has 3 amide bonds. The number of nitrogens with one attached hydrogen (secondary N) is 1. The fourth-order valence-corrected chi connectivity index (χ4v) is 3.92. The fraction of sp³-hybridized carbons (Fsp3) is 0.261. The average molecular weight is 374 g/mol. The van der Waals surface area contributed by atoms with E-state index in [1.54, 1.807) is 24.3 Å². The van der Waals surface area contributed by atoms with Crippen molar-refractivity contribution in [2.24, 2.45) is 11.8 Å². The first kappa shape index (κ1) is 18.2. The van der Waals surface area contributed by atoms with E-state index in [0.717, 1.165) is 11.1 Å². The van der Waals surface area contributed by atoms with Crippen LogP contribution in [0.4, 0.5) is 11.4 Å². The van der Waals surface area contributed by atoms with Crippen LogP contribution in [0.5, 0.6) is 0 Å². The highest BCUT2D eigenvalue weighted by molar-refractivity contribution is 6.25. The van der Waals surface area contributed by atoms with E-state index in [1.165, 1.54) is 4.90 Å². The Morgan fingerprint density at radius 1 is 0.929 bits per heavy atom. The number of amides is 3. The van der Waals surface area contributed by atoms with Crippen molar-refractivity contribution < 1.29 is 14.4 Å². The van der Waals surface area contributed by atoms with E-state index in [2.05, 4.69) is 5.32 Å². The molecule has 5 nitrogen and oxygen atoms in total. The van der Waals surface area contributed by atoms with Gasteiger partial charge in [-0.15, -0.1) is 0 Å². The summed E-state index contributed by atoms with van der Waals surface area (Å²) in [6.07, 6.45) is 5.05. The number of fused-ring (bicyclic) bond motifs is 1. The summed E-state index contributed by atoms with van der Waals surface area (Å²) in [4.78, 5) is 40.0. The van der Waals surface area contributed by atoms with Gasteiger partial charge in [0.25, 0.3) is 5.91 Å². The van der Waals surface area contributed by atoms with Crippen LogP contribution in [0.1, 0.15) is 34.3 Å². The maximum atomic E-state index is 12.9. The predicted molar refractivity (Wildman–Crippen MR) is 108 cm³/mol. The Morgan fingerprint density at radius 3 is 2.21 bits per heavy atom. The SMILES string of the molecule is Cc1ccc(NC(=O)c2ccccc2N2C(=O)[C@H]3CC=CC[C@@H]3C2=O)cc1C. The smallest absolute Gasteiger partial charge is 0.257 e. The molecule has 1 aliphatic carbocycles. The topological polar surface area (TPSA) is 66.5 Å². The van der Waals surface area contributed by atoms with Gasteiger partial charge in [-0.25, -0.2) is 4.90 Å². The van der Waals surface area contributed by atoms with Gasteiger partial charge >= 0.3 is 0 Å². The summed E-state index contributed by atoms with van der Waals surface area (Å²) in [6.45, 7) is 3.99. The quantitative estimate of drug-likeness (QED) is 0.652. The number of allylic oxidation sites excluding steroid dienone is 2. The Hall–Kier alpha value is -3.21. The lowest BCUT2D eigenvalue weighted by molar-refractivity contribution is -0.122. The number of anilines is 2. The number of aryl methyl sites for hydroxylation is 2. The van der Waals surface area contributed by atoms with E-state index in [1.807, 2.05) is 44.2 Å². The van der Waals surface area contributed by atoms with Crippen LogP contribution in [0.3, 0.4) is 0 Å². The molecule has 2 aromatic carbocycles. The zero-order valence-corrected chi connectivity index (χ0v) is 15.9. The predicted octanol–water partition coefficient (Wildman–Crippen LogP) is 4.01. The molecule has 0 bridgehead atoms. The number of benzene rings is 2. The molecule has 2 aromatic rings. The number of para-hydroxylation sites is 1. The fourth-order valence-electron chi connectivity index (χ4n) is 3.92. The van der Waals surface area contributed by atoms with Crippen molar-refractivity contribution in [2.75, 3.05) is 10.2 Å². The van der Waals surface area contributed by atoms with Crippen LogP contribution < -0.4 is 10.2 Å². The van der Waals surface area contributed by atoms with Gasteiger partial charge in [-0.05, 0) is 62.1 Å². The highest BCUT2D eigenvalue weighted by Crippen LogP contribution is 2.38. The standard InChI is InChI=1S/C23H22N2O3/c1-14-11-12-16(13-15(14)2)24-21(26)19-9-5-6-10-20(19)25-22(27)17-7-3-4-8-18(17)23(25)28/h3-6,9-13,17-18H,7-8H2,1-2H3,(H,24,26)/t17-,18-/m0/s1. The van der Waals surface area contributed by atoms with E-state index in [-0.39, 0.29) is 29.6 Å². The average Bonchev–Trinajstić information content (AvgIpc) is 2.95. The van der Waals surface area contributed by atoms with E-state index in [4.69, 9.17) is 0 Å². The van der Waals surface area contributed by atoms with Crippen molar-refractivity contribution in [2.45, 2.75) is 26.7 Å². The minimum atomic E-state index is -0.340. The van der Waals surface area contributed by atoms with E-state index >= 15 is 0 Å². The first-order valence-corrected chi connectivity index (χ1v) is 9.48. The summed E-state index contributed by atoms with van der Waals surface area (Å²) in [5.41, 5.74) is 3.57. The lowest BCUT2D eigenvalue weighted by atomic mass is 9.85. The van der Waals surface area contributed by atoms with Crippen LogP contribution in [0.25, 0.3) is 0 Å². The summed E-state index contributed by atoms with van der Waals surface area (Å²) in [7, 11) is 0. The van der Waals surface area contributed by atoms with Gasteiger partial charge < -0.3 is 5.32 Å². The number of rotatable bonds is 3. The van der Waals surface area contributed by atoms with Crippen molar-refractivity contribution in [3.05, 3.63) is 71.3 Å². The maximum Gasteiger partial charge on any atom is 0.257 e. The maximum absolute atomic E-state index is 12.9. The molecule has 1 saturated heterocycles. The third-order valence-electron chi connectivity index (χ3n) is 5.66. The molecule has 2 aliphatic rings. The van der Waals surface area contributed by atoms with Crippen molar-refractivity contribution in [3.8, 4) is 0 Å². The zero-order chi connectivity index (χ0) is 19.8. The van der Waals surface area contributed by atoms with Gasteiger partial charge in [-0.3, -0.25) is 14.4 Å². The number of hydrogen-bond donors (Lipinski definition) is 1. The van der Waals surface area contributed by atoms with Gasteiger partial charge in [-0.2, -0.15) is 0 Å². The van der Waals surface area contributed by atoms with Gasteiger partial charge in [0.05, 0.1) is 23.1 Å². The van der Waals surface area contributed by atoms with Gasteiger partial charge in [0.15, 0.2) is 0 Å². The zero-order valence-electron chi connectivity index (χ0n) is 15.9. The molecule has 142 valence electrons. The van der Waals surface area contributed by atoms with Crippen molar-refractivity contribution in [1.29, 1.82) is 0 Å². The molecule has 1 aliphatic heterocycles. The van der Waals surface area contributed by atoms with Crippen LogP contribution in [0, 0.1) is 25.7 Å². The summed E-state index contributed by atoms with van der Waals surface area (Å²) >= 11 is 0. The highest BCUT2D eigenvalue weighted by Gasteiger charge is 2.48. The second-order valence-electron chi connectivity index (χ2n) is 7.44. The van der Waals surface area contributed by atoms with Crippen molar-refractivity contribution >= 4 is 29.1 Å². The molecule has 0 aromatic heterocycles. The third-order valence-corrected chi connectivity index (χ3v) is 5.66. The van der Waals surface area contributed by atoms with Crippen LogP contribution in [0.2, 0.25) is 0 Å². The van der Waals surface area contributed by atoms with E-state index in [9.17, 15) is 14.4 Å². The van der Waals surface area contributed by atoms with Gasteiger partial charge in [-0.1, -0.05) is 30.4 Å². The summed E-state index contributed by atoms with van der Waals surface area (Å²) in [5.74, 6) is -1.43. The lowest BCUT2D eigenvalue weighted by Crippen LogP contribution is -2.32. The Morgan fingerprint density at radius 2 is 1.57 bits per heavy atom. The minimum Gasteiger partial charge on any atom is -0.322 e. The Bertz CT molecular complexity index is 983. The van der Waals surface area contributed by atoms with Crippen LogP contribution in [0.15, 0.2) is 54.6 Å². The molecule has 1 N–H and O–H groups in total. The molecule has 0 saturated carbocycles. The van der Waals surface area contributed by atoms with Crippen LogP contribution in [-0.2, 0) is 9.59 Å². The Kier molecular flexibility index (Phi) is 4.59. The van der Waals surface area contributed by atoms with Crippen molar-refractivity contribution in [3.63, 3.8) is 0 Å². The molecular formula is C23H22N2O3. The molecule has 1 heterocycles. The van der Waals surface area contributed by atoms with Crippen LogP contribution >= 0.6 is 0 Å². The third kappa shape index (κ3) is 3.03. The van der Waals surface area contributed by atoms with Gasteiger partial charge in [0, 0.05) is 5.69 Å². The van der Waals surface area contributed by atoms with Crippen molar-refractivity contribution in [1.82, 2.24) is 0 Å². The first-order chi connectivity index (χ1) is 13.5. The number of carbonyl (C=O) groups is 3. The molecule has 28 heavy (non-hydrogen) atoms. The molecule has 5 heteroatoms. The number of imide groups is 1. The monoisotopic (exact) mass is 374 g/mol. The van der Waals surface area contributed by atoms with Crippen LogP contribution in [-0.4, -0.2) is 17.7 Å². The molecule has 0 unspecified atom stereocenters. The number of carbonyl (C=O) groups excluding carboxylic acids is 3. The van der Waals surface area contributed by atoms with E-state index < -0.39 is 0 Å². The molecule has 0 spiro atoms. The molecule has 0 radical (unpaired) electrons. The molecular weight excluding hydrogens is 352 g/mol. The Balaban J connectivity index is 1.65. The first-order valence-electron chi connectivity index (χ1n) is 9.48. The largest absolute Gasteiger partial charge is 0.322 e.